The molecule has 3 aromatic rings. The number of nitrogens with one attached hydrogen (secondary N) is 1. The van der Waals surface area contributed by atoms with Crippen molar-refractivity contribution in [3.8, 4) is 0 Å². The number of rotatable bonds is 15. The maximum absolute atomic E-state index is 13.3. The lowest BCUT2D eigenvalue weighted by Crippen LogP contribution is -2.49. The molecule has 0 spiro atoms. The van der Waals surface area contributed by atoms with E-state index in [1.165, 1.54) is 0 Å². The van der Waals surface area contributed by atoms with Crippen molar-refractivity contribution in [1.82, 2.24) is 9.99 Å². The maximum atomic E-state index is 13.3. The van der Waals surface area contributed by atoms with Crippen LogP contribution in [-0.4, -0.2) is 41.0 Å². The van der Waals surface area contributed by atoms with Crippen LogP contribution in [0, 0.1) is 0 Å². The molecule has 0 aliphatic rings. The van der Waals surface area contributed by atoms with Crippen molar-refractivity contribution in [2.75, 3.05) is 0 Å². The number of benzene rings is 3. The third-order valence-corrected chi connectivity index (χ3v) is 8.28. The van der Waals surface area contributed by atoms with Gasteiger partial charge in [0, 0.05) is 12.1 Å². The van der Waals surface area contributed by atoms with Crippen molar-refractivity contribution in [3.05, 3.63) is 108 Å². The molecule has 0 aliphatic heterocycles. The summed E-state index contributed by atoms with van der Waals surface area (Å²) < 4.78 is 25.9. The van der Waals surface area contributed by atoms with Gasteiger partial charge in [-0.2, -0.15) is 0 Å². The second kappa shape index (κ2) is 16.8. The highest BCUT2D eigenvalue weighted by Gasteiger charge is 2.36. The predicted octanol–water partition coefficient (Wildman–Crippen LogP) is 6.99. The Morgan fingerprint density at radius 2 is 1.12 bits per heavy atom. The van der Waals surface area contributed by atoms with Crippen LogP contribution in [0.5, 0.6) is 0 Å². The molecule has 0 saturated carbocycles. The number of carbonyl (C=O) groups excluding carboxylic acids is 2. The highest BCUT2D eigenvalue weighted by molar-refractivity contribution is 7.44. The fourth-order valence-corrected chi connectivity index (χ4v) is 5.83. The predicted molar refractivity (Wildman–Crippen MR) is 161 cm³/mol. The van der Waals surface area contributed by atoms with E-state index < -0.39 is 32.7 Å². The first-order valence-electron chi connectivity index (χ1n) is 13.8. The van der Waals surface area contributed by atoms with E-state index >= 15 is 0 Å². The van der Waals surface area contributed by atoms with Crippen molar-refractivity contribution in [2.24, 2.45) is 0 Å². The summed E-state index contributed by atoms with van der Waals surface area (Å²) >= 11 is 0. The van der Waals surface area contributed by atoms with Gasteiger partial charge in [0.15, 0.2) is 6.04 Å². The molecule has 0 bridgehead atoms. The molecule has 1 amide bonds. The van der Waals surface area contributed by atoms with Crippen molar-refractivity contribution in [3.63, 3.8) is 0 Å². The van der Waals surface area contributed by atoms with E-state index in [1.807, 2.05) is 91.0 Å². The van der Waals surface area contributed by atoms with Crippen LogP contribution < -0.4 is 5.32 Å². The minimum atomic E-state index is -1.61. The summed E-state index contributed by atoms with van der Waals surface area (Å²) in [6.45, 7) is 10.5. The second-order valence-electron chi connectivity index (χ2n) is 10.2. The zero-order chi connectivity index (χ0) is 29.6. The molecule has 0 fully saturated rings. The van der Waals surface area contributed by atoms with Crippen LogP contribution in [0.15, 0.2) is 91.0 Å². The number of alkyl carbamates (subject to hydrolysis) is 1. The highest BCUT2D eigenvalue weighted by atomic mass is 31.2. The molecule has 1 unspecified atom stereocenters. The average molecular weight is 581 g/mol. The number of carbonyl (C=O) groups is 2. The molecular formula is C32H41N2O6P. The Labute approximate surface area is 244 Å². The van der Waals surface area contributed by atoms with E-state index in [4.69, 9.17) is 18.5 Å². The fraction of sp³-hybridized carbons (Fsp3) is 0.375. The van der Waals surface area contributed by atoms with E-state index in [-0.39, 0.29) is 25.3 Å². The normalized spacial score (nSPS) is 13.6. The Balaban J connectivity index is 1.76. The lowest BCUT2D eigenvalue weighted by molar-refractivity contribution is -0.149. The van der Waals surface area contributed by atoms with Gasteiger partial charge in [0.2, 0.25) is 0 Å². The second-order valence-corrected chi connectivity index (χ2v) is 11.6. The van der Waals surface area contributed by atoms with Crippen LogP contribution in [0.3, 0.4) is 0 Å². The van der Waals surface area contributed by atoms with Gasteiger partial charge in [-0.1, -0.05) is 91.0 Å². The maximum Gasteiger partial charge on any atom is 0.408 e. The smallest absolute Gasteiger partial charge is 0.408 e. The largest absolute Gasteiger partial charge is 0.459 e. The monoisotopic (exact) mass is 580 g/mol. The zero-order valence-electron chi connectivity index (χ0n) is 24.4. The molecule has 0 aromatic heterocycles. The molecule has 3 aromatic carbocycles. The zero-order valence-corrected chi connectivity index (χ0v) is 25.3. The third-order valence-electron chi connectivity index (χ3n) is 6.12. The van der Waals surface area contributed by atoms with E-state index in [0.29, 0.717) is 6.61 Å². The van der Waals surface area contributed by atoms with Crippen LogP contribution in [0.25, 0.3) is 0 Å². The number of hydrogen-bond donors (Lipinski definition) is 1. The Hall–Kier alpha value is -3.29. The van der Waals surface area contributed by atoms with Crippen molar-refractivity contribution >= 4 is 20.6 Å². The fourth-order valence-electron chi connectivity index (χ4n) is 4.11. The third kappa shape index (κ3) is 10.9. The van der Waals surface area contributed by atoms with Crippen LogP contribution in [-0.2, 0) is 43.1 Å². The molecule has 1 N–H and O–H groups in total. The van der Waals surface area contributed by atoms with Crippen molar-refractivity contribution in [2.45, 2.75) is 78.7 Å². The van der Waals surface area contributed by atoms with Gasteiger partial charge in [0.25, 0.3) is 8.53 Å². The SMILES string of the molecule is CC(C)N(C(C)C)P(OCc1ccccc1)O[C@@H](C)[C@H](NC(=O)OCc1ccccc1)C(=O)OCc1ccccc1. The first-order valence-corrected chi connectivity index (χ1v) is 15.0. The quantitative estimate of drug-likeness (QED) is 0.153. The number of amides is 1. The number of hydrogen-bond acceptors (Lipinski definition) is 7. The van der Waals surface area contributed by atoms with Crippen LogP contribution in [0.1, 0.15) is 51.3 Å². The van der Waals surface area contributed by atoms with E-state index in [2.05, 4.69) is 37.7 Å². The molecule has 3 atom stereocenters. The number of nitrogens with zero attached hydrogens (tertiary/aromatic N) is 1. The Morgan fingerprint density at radius 3 is 1.59 bits per heavy atom. The summed E-state index contributed by atoms with van der Waals surface area (Å²) in [5, 5.41) is 2.68. The standard InChI is InChI=1S/C32H41N2O6P/c1-24(2)34(25(3)4)41(39-23-29-19-13-8-14-20-29)40-26(5)30(31(35)37-21-27-15-9-6-10-16-27)33-32(36)38-22-28-17-11-7-12-18-28/h6-20,24-26,30H,21-23H2,1-5H3,(H,33,36)/t26-,30-,41?/m0/s1. The molecule has 41 heavy (non-hydrogen) atoms. The van der Waals surface area contributed by atoms with E-state index in [0.717, 1.165) is 16.7 Å². The summed E-state index contributed by atoms with van der Waals surface area (Å²) in [7, 11) is -1.61. The summed E-state index contributed by atoms with van der Waals surface area (Å²) in [5.41, 5.74) is 2.67. The molecule has 0 saturated heterocycles. The lowest BCUT2D eigenvalue weighted by atomic mass is 10.2. The molecule has 0 radical (unpaired) electrons. The van der Waals surface area contributed by atoms with Gasteiger partial charge in [0.1, 0.15) is 13.2 Å². The molecule has 3 rings (SSSR count). The van der Waals surface area contributed by atoms with Gasteiger partial charge in [0.05, 0.1) is 12.7 Å². The minimum Gasteiger partial charge on any atom is -0.459 e. The molecular weight excluding hydrogens is 539 g/mol. The lowest BCUT2D eigenvalue weighted by Gasteiger charge is -2.37. The average Bonchev–Trinajstić information content (AvgIpc) is 2.97. The summed E-state index contributed by atoms with van der Waals surface area (Å²) in [5.74, 6) is -0.628. The Kier molecular flexibility index (Phi) is 13.2. The molecule has 0 heterocycles. The first kappa shape index (κ1) is 32.2. The minimum absolute atomic E-state index is 0.0625. The first-order chi connectivity index (χ1) is 19.7. The van der Waals surface area contributed by atoms with Gasteiger partial charge in [-0.25, -0.2) is 14.3 Å². The molecule has 220 valence electrons. The van der Waals surface area contributed by atoms with Crippen LogP contribution in [0.2, 0.25) is 0 Å². The molecule has 8 nitrogen and oxygen atoms in total. The summed E-state index contributed by atoms with van der Waals surface area (Å²) in [6.07, 6.45) is -1.53. The van der Waals surface area contributed by atoms with E-state index in [1.54, 1.807) is 6.92 Å². The van der Waals surface area contributed by atoms with Crippen LogP contribution in [0.4, 0.5) is 4.79 Å². The Bertz CT molecular complexity index is 1170. The van der Waals surface area contributed by atoms with Gasteiger partial charge in [-0.3, -0.25) is 0 Å². The number of ether oxygens (including phenoxy) is 2. The summed E-state index contributed by atoms with van der Waals surface area (Å²) in [6, 6.07) is 27.6. The van der Waals surface area contributed by atoms with Gasteiger partial charge in [-0.05, 0) is 51.3 Å². The molecule has 9 heteroatoms. The highest BCUT2D eigenvalue weighted by Crippen LogP contribution is 2.48. The number of esters is 1. The van der Waals surface area contributed by atoms with Crippen molar-refractivity contribution in [1.29, 1.82) is 0 Å². The van der Waals surface area contributed by atoms with Gasteiger partial charge < -0.3 is 23.8 Å². The molecule has 0 aliphatic carbocycles. The van der Waals surface area contributed by atoms with Crippen LogP contribution >= 0.6 is 8.53 Å². The summed E-state index contributed by atoms with van der Waals surface area (Å²) in [4.78, 5) is 26.2. The topological polar surface area (TPSA) is 86.3 Å². The van der Waals surface area contributed by atoms with Crippen molar-refractivity contribution < 1.29 is 28.1 Å². The van der Waals surface area contributed by atoms with Gasteiger partial charge >= 0.3 is 12.1 Å². The van der Waals surface area contributed by atoms with Gasteiger partial charge in [-0.15, -0.1) is 0 Å². The Morgan fingerprint density at radius 1 is 0.683 bits per heavy atom. The van der Waals surface area contributed by atoms with E-state index in [9.17, 15) is 9.59 Å².